The van der Waals surface area contributed by atoms with Crippen LogP contribution in [-0.2, 0) is 0 Å². The smallest absolute Gasteiger partial charge is 0.157 e. The molecule has 0 aromatic heterocycles. The first kappa shape index (κ1) is 13.6. The molecule has 0 atom stereocenters. The number of phenols is 1. The summed E-state index contributed by atoms with van der Waals surface area (Å²) in [5.74, 6) is 0.0518. The van der Waals surface area contributed by atoms with E-state index in [1.54, 1.807) is 18.2 Å². The Morgan fingerprint density at radius 3 is 2.67 bits per heavy atom. The van der Waals surface area contributed by atoms with Gasteiger partial charge in [0.2, 0.25) is 0 Å². The van der Waals surface area contributed by atoms with Gasteiger partial charge in [-0.3, -0.25) is 9.98 Å². The molecule has 0 aliphatic carbocycles. The Morgan fingerprint density at radius 1 is 1.05 bits per heavy atom. The second kappa shape index (κ2) is 5.97. The summed E-state index contributed by atoms with van der Waals surface area (Å²) in [4.78, 5) is 8.82. The van der Waals surface area contributed by atoms with Crippen LogP contribution in [0.3, 0.4) is 0 Å². The van der Waals surface area contributed by atoms with Gasteiger partial charge in [-0.15, -0.1) is 0 Å². The first-order chi connectivity index (χ1) is 10.3. The molecule has 3 rings (SSSR count). The van der Waals surface area contributed by atoms with Crippen molar-refractivity contribution in [1.29, 1.82) is 0 Å². The van der Waals surface area contributed by atoms with Crippen LogP contribution >= 0.6 is 11.6 Å². The summed E-state index contributed by atoms with van der Waals surface area (Å²) in [7, 11) is 0. The first-order valence-corrected chi connectivity index (χ1v) is 6.98. The zero-order chi connectivity index (χ0) is 14.7. The third-order valence-electron chi connectivity index (χ3n) is 3.24. The summed E-state index contributed by atoms with van der Waals surface area (Å²) in [5, 5.41) is 13.4. The van der Waals surface area contributed by atoms with Crippen molar-refractivity contribution >= 4 is 28.7 Å². The molecule has 1 heterocycles. The maximum Gasteiger partial charge on any atom is 0.157 e. The van der Waals surface area contributed by atoms with Gasteiger partial charge >= 0.3 is 0 Å². The number of halogens is 1. The van der Waals surface area contributed by atoms with Crippen LogP contribution in [0, 0.1) is 0 Å². The van der Waals surface area contributed by atoms with Crippen molar-refractivity contribution in [2.75, 3.05) is 18.5 Å². The van der Waals surface area contributed by atoms with E-state index in [1.165, 1.54) is 0 Å². The zero-order valence-electron chi connectivity index (χ0n) is 11.3. The highest BCUT2D eigenvalue weighted by molar-refractivity contribution is 6.50. The fourth-order valence-corrected chi connectivity index (χ4v) is 2.36. The Labute approximate surface area is 127 Å². The summed E-state index contributed by atoms with van der Waals surface area (Å²) in [6.07, 6.45) is 0. The van der Waals surface area contributed by atoms with Gasteiger partial charge in [-0.1, -0.05) is 48.0 Å². The van der Waals surface area contributed by atoms with E-state index in [0.29, 0.717) is 23.9 Å². The van der Waals surface area contributed by atoms with Crippen LogP contribution in [0.5, 0.6) is 5.75 Å². The maximum atomic E-state index is 9.89. The zero-order valence-corrected chi connectivity index (χ0v) is 12.0. The Kier molecular flexibility index (Phi) is 3.88. The van der Waals surface area contributed by atoms with Crippen LogP contribution in [0.1, 0.15) is 5.56 Å². The van der Waals surface area contributed by atoms with Gasteiger partial charge in [0.05, 0.1) is 28.7 Å². The van der Waals surface area contributed by atoms with Crippen LogP contribution in [0.2, 0.25) is 5.02 Å². The number of para-hydroxylation sites is 1. The summed E-state index contributed by atoms with van der Waals surface area (Å²) in [6, 6.07) is 15.1. The normalized spacial score (nSPS) is 13.8. The minimum absolute atomic E-state index is 0.0518. The molecule has 0 saturated carbocycles. The quantitative estimate of drug-likeness (QED) is 0.851. The second-order valence-corrected chi connectivity index (χ2v) is 5.02. The lowest BCUT2D eigenvalue weighted by atomic mass is 10.1. The van der Waals surface area contributed by atoms with Crippen LogP contribution in [0.4, 0.5) is 5.69 Å². The van der Waals surface area contributed by atoms with E-state index in [1.807, 2.05) is 30.3 Å². The van der Waals surface area contributed by atoms with E-state index in [2.05, 4.69) is 15.3 Å². The minimum Gasteiger partial charge on any atom is -0.504 e. The van der Waals surface area contributed by atoms with E-state index >= 15 is 0 Å². The number of hydrogen-bond donors (Lipinski definition) is 2. The van der Waals surface area contributed by atoms with Crippen molar-refractivity contribution in [1.82, 2.24) is 0 Å². The van der Waals surface area contributed by atoms with Gasteiger partial charge in [-0.2, -0.15) is 0 Å². The van der Waals surface area contributed by atoms with Crippen molar-refractivity contribution in [3.8, 4) is 5.75 Å². The molecule has 4 nitrogen and oxygen atoms in total. The monoisotopic (exact) mass is 299 g/mol. The number of nitrogens with one attached hydrogen (secondary N) is 1. The number of aromatic hydroxyl groups is 1. The Morgan fingerprint density at radius 2 is 1.86 bits per heavy atom. The average Bonchev–Trinajstić information content (AvgIpc) is 2.98. The Hall–Kier alpha value is -2.33. The lowest BCUT2D eigenvalue weighted by Crippen LogP contribution is -2.22. The molecule has 0 bridgehead atoms. The van der Waals surface area contributed by atoms with Crippen LogP contribution in [0.25, 0.3) is 0 Å². The molecule has 1 aliphatic rings. The third kappa shape index (κ3) is 2.90. The number of hydrogen-bond acceptors (Lipinski definition) is 4. The molecule has 1 aliphatic heterocycles. The molecule has 5 heteroatoms. The molecular weight excluding hydrogens is 286 g/mol. The highest BCUT2D eigenvalue weighted by atomic mass is 35.5. The summed E-state index contributed by atoms with van der Waals surface area (Å²) < 4.78 is 0. The number of phenolic OH excluding ortho intramolecular Hbond substituents is 1. The Bertz CT molecular complexity index is 711. The largest absolute Gasteiger partial charge is 0.504 e. The first-order valence-electron chi connectivity index (χ1n) is 6.60. The van der Waals surface area contributed by atoms with Crippen molar-refractivity contribution in [3.63, 3.8) is 0 Å². The number of nitrogens with zero attached hydrogens (tertiary/aromatic N) is 2. The van der Waals surface area contributed by atoms with Gasteiger partial charge in [0, 0.05) is 5.56 Å². The van der Waals surface area contributed by atoms with Crippen LogP contribution in [0.15, 0.2) is 58.5 Å². The van der Waals surface area contributed by atoms with Gasteiger partial charge < -0.3 is 10.4 Å². The lowest BCUT2D eigenvalue weighted by molar-refractivity contribution is 0.477. The molecule has 0 spiro atoms. The highest BCUT2D eigenvalue weighted by Gasteiger charge is 2.16. The average molecular weight is 300 g/mol. The lowest BCUT2D eigenvalue weighted by Gasteiger charge is -2.10. The fourth-order valence-electron chi connectivity index (χ4n) is 2.19. The molecular formula is C16H14ClN3O. The summed E-state index contributed by atoms with van der Waals surface area (Å²) in [6.45, 7) is 0.935. The van der Waals surface area contributed by atoms with Crippen molar-refractivity contribution in [2.45, 2.75) is 0 Å². The topological polar surface area (TPSA) is 57.0 Å². The fraction of sp³-hybridized carbons (Fsp3) is 0.125. The van der Waals surface area contributed by atoms with E-state index < -0.39 is 0 Å². The maximum absolute atomic E-state index is 9.89. The van der Waals surface area contributed by atoms with Gasteiger partial charge in [-0.25, -0.2) is 0 Å². The molecule has 0 saturated heterocycles. The third-order valence-corrected chi connectivity index (χ3v) is 3.55. The molecule has 0 amide bonds. The molecule has 0 radical (unpaired) electrons. The van der Waals surface area contributed by atoms with Crippen molar-refractivity contribution in [3.05, 3.63) is 59.1 Å². The number of benzene rings is 2. The minimum atomic E-state index is 0.0518. The van der Waals surface area contributed by atoms with Crippen molar-refractivity contribution < 1.29 is 5.11 Å². The molecule has 2 N–H and O–H groups in total. The molecule has 0 fully saturated rings. The summed E-state index contributed by atoms with van der Waals surface area (Å²) in [5.41, 5.74) is 3.40. The van der Waals surface area contributed by atoms with Gasteiger partial charge in [-0.05, 0) is 12.1 Å². The predicted octanol–water partition coefficient (Wildman–Crippen LogP) is 3.36. The summed E-state index contributed by atoms with van der Waals surface area (Å²) >= 11 is 5.89. The van der Waals surface area contributed by atoms with Crippen LogP contribution < -0.4 is 5.32 Å². The SMILES string of the molecule is Oc1c(Cl)cccc1NCC1=NCN=C1c1ccccc1. The second-order valence-electron chi connectivity index (χ2n) is 4.61. The van der Waals surface area contributed by atoms with E-state index in [4.69, 9.17) is 11.6 Å². The van der Waals surface area contributed by atoms with Crippen LogP contribution in [-0.4, -0.2) is 29.7 Å². The van der Waals surface area contributed by atoms with Gasteiger partial charge in [0.15, 0.2) is 5.75 Å². The number of aliphatic imine (C=N–C) groups is 2. The van der Waals surface area contributed by atoms with Gasteiger partial charge in [0.1, 0.15) is 6.67 Å². The van der Waals surface area contributed by atoms with E-state index in [9.17, 15) is 5.11 Å². The molecule has 106 valence electrons. The molecule has 0 unspecified atom stereocenters. The Balaban J connectivity index is 1.74. The molecule has 2 aromatic carbocycles. The van der Waals surface area contributed by atoms with E-state index in [0.717, 1.165) is 17.0 Å². The van der Waals surface area contributed by atoms with Crippen molar-refractivity contribution in [2.24, 2.45) is 9.98 Å². The van der Waals surface area contributed by atoms with E-state index in [-0.39, 0.29) is 5.75 Å². The number of rotatable bonds is 4. The van der Waals surface area contributed by atoms with Gasteiger partial charge in [0.25, 0.3) is 0 Å². The number of anilines is 1. The standard InChI is InChI=1S/C16H14ClN3O/c17-12-7-4-8-13(16(12)21)18-9-14-15(20-10-19-14)11-5-2-1-3-6-11/h1-8,18,21H,9-10H2. The molecule has 2 aromatic rings. The highest BCUT2D eigenvalue weighted by Crippen LogP contribution is 2.31. The molecule has 21 heavy (non-hydrogen) atoms. The predicted molar refractivity (Wildman–Crippen MR) is 86.9 cm³/mol.